The van der Waals surface area contributed by atoms with Gasteiger partial charge < -0.3 is 4.90 Å². The molecule has 7 aromatic rings. The van der Waals surface area contributed by atoms with Crippen LogP contribution < -0.4 is 4.90 Å². The lowest BCUT2D eigenvalue weighted by molar-refractivity contribution is 0.830. The van der Waals surface area contributed by atoms with Crippen LogP contribution in [0.15, 0.2) is 140 Å². The van der Waals surface area contributed by atoms with Gasteiger partial charge in [0, 0.05) is 37.1 Å². The molecule has 0 saturated carbocycles. The number of benzene rings is 6. The van der Waals surface area contributed by atoms with Crippen molar-refractivity contribution in [3.63, 3.8) is 0 Å². The molecular formula is C41H29NS. The Morgan fingerprint density at radius 3 is 2.30 bits per heavy atom. The van der Waals surface area contributed by atoms with Gasteiger partial charge in [-0.05, 0) is 82.3 Å². The molecule has 0 saturated heterocycles. The molecule has 1 aromatic heterocycles. The Kier molecular flexibility index (Phi) is 5.48. The molecule has 204 valence electrons. The number of thiophene rings is 1. The van der Waals surface area contributed by atoms with E-state index in [1.165, 1.54) is 81.3 Å². The number of aryl methyl sites for hydroxylation is 1. The highest BCUT2D eigenvalue weighted by Crippen LogP contribution is 2.50. The van der Waals surface area contributed by atoms with Gasteiger partial charge in [0.05, 0.1) is 6.04 Å². The SMILES string of the molecule is Cc1ccc(-c2ccccc2-c2ccc3c(c2)N(c2ccc4sc5ccc6ccccc6c5c4c2)C2CC=CC=C32)cc1. The molecule has 0 fully saturated rings. The van der Waals surface area contributed by atoms with E-state index in [0.717, 1.165) is 6.42 Å². The number of anilines is 2. The number of nitrogens with zero attached hydrogens (tertiary/aromatic N) is 1. The normalized spacial score (nSPS) is 15.7. The van der Waals surface area contributed by atoms with Crippen molar-refractivity contribution in [1.29, 1.82) is 0 Å². The van der Waals surface area contributed by atoms with E-state index in [4.69, 9.17) is 0 Å². The summed E-state index contributed by atoms with van der Waals surface area (Å²) in [6.45, 7) is 2.15. The fraction of sp³-hybridized carbons (Fsp3) is 0.0732. The van der Waals surface area contributed by atoms with Crippen molar-refractivity contribution in [2.24, 2.45) is 0 Å². The lowest BCUT2D eigenvalue weighted by Gasteiger charge is -2.29. The Balaban J connectivity index is 1.24. The van der Waals surface area contributed by atoms with Gasteiger partial charge in [-0.2, -0.15) is 0 Å². The van der Waals surface area contributed by atoms with E-state index in [-0.39, 0.29) is 0 Å². The summed E-state index contributed by atoms with van der Waals surface area (Å²) in [5.41, 5.74) is 11.6. The standard InChI is InChI=1S/C41H29NS/c1-26-14-16-28(17-15-26)31-9-4-5-10-32(31)29-18-21-35-34-12-6-7-13-37(34)42(38(35)24-29)30-20-23-39-36(25-30)41-33-11-3-2-8-27(33)19-22-40(41)43-39/h2-12,14-25,37H,13H2,1H3. The van der Waals surface area contributed by atoms with Crippen molar-refractivity contribution in [2.75, 3.05) is 4.90 Å². The molecule has 1 aliphatic carbocycles. The second-order valence-electron chi connectivity index (χ2n) is 11.8. The van der Waals surface area contributed by atoms with Gasteiger partial charge in [-0.3, -0.25) is 0 Å². The van der Waals surface area contributed by atoms with Crippen molar-refractivity contribution in [1.82, 2.24) is 0 Å². The molecule has 43 heavy (non-hydrogen) atoms. The minimum absolute atomic E-state index is 0.293. The van der Waals surface area contributed by atoms with Crippen molar-refractivity contribution in [2.45, 2.75) is 19.4 Å². The summed E-state index contributed by atoms with van der Waals surface area (Å²) in [4.78, 5) is 2.59. The summed E-state index contributed by atoms with van der Waals surface area (Å²) in [6, 6.07) is 45.5. The van der Waals surface area contributed by atoms with Crippen LogP contribution in [-0.2, 0) is 0 Å². The number of fused-ring (bicyclic) bond motifs is 8. The molecule has 2 heterocycles. The average Bonchev–Trinajstić information content (AvgIpc) is 3.60. The van der Waals surface area contributed by atoms with Gasteiger partial charge in [-0.25, -0.2) is 0 Å². The summed E-state index contributed by atoms with van der Waals surface area (Å²) in [6.07, 6.45) is 7.86. The lowest BCUT2D eigenvalue weighted by atomic mass is 9.92. The molecular weight excluding hydrogens is 539 g/mol. The molecule has 0 bridgehead atoms. The molecule has 1 unspecified atom stereocenters. The van der Waals surface area contributed by atoms with Crippen molar-refractivity contribution in [3.05, 3.63) is 151 Å². The fourth-order valence-electron chi connectivity index (χ4n) is 7.17. The summed E-state index contributed by atoms with van der Waals surface area (Å²) in [5, 5.41) is 5.35. The molecule has 1 nitrogen and oxygen atoms in total. The monoisotopic (exact) mass is 567 g/mol. The van der Waals surface area contributed by atoms with Crippen LogP contribution in [0.4, 0.5) is 11.4 Å². The number of hydrogen-bond donors (Lipinski definition) is 0. The van der Waals surface area contributed by atoms with E-state index >= 15 is 0 Å². The van der Waals surface area contributed by atoms with Crippen molar-refractivity contribution < 1.29 is 0 Å². The smallest absolute Gasteiger partial charge is 0.0632 e. The van der Waals surface area contributed by atoms with Crippen LogP contribution in [0.2, 0.25) is 0 Å². The van der Waals surface area contributed by atoms with Crippen LogP contribution in [0.5, 0.6) is 0 Å². The minimum atomic E-state index is 0.293. The Morgan fingerprint density at radius 2 is 1.42 bits per heavy atom. The zero-order valence-electron chi connectivity index (χ0n) is 23.9. The number of hydrogen-bond acceptors (Lipinski definition) is 2. The molecule has 0 N–H and O–H groups in total. The van der Waals surface area contributed by atoms with Crippen molar-refractivity contribution >= 4 is 59.2 Å². The molecule has 0 amide bonds. The van der Waals surface area contributed by atoms with E-state index in [2.05, 4.69) is 151 Å². The van der Waals surface area contributed by atoms with E-state index in [9.17, 15) is 0 Å². The first-order valence-electron chi connectivity index (χ1n) is 15.0. The highest BCUT2D eigenvalue weighted by Gasteiger charge is 2.35. The second-order valence-corrected chi connectivity index (χ2v) is 12.8. The van der Waals surface area contributed by atoms with Crippen LogP contribution in [-0.4, -0.2) is 6.04 Å². The van der Waals surface area contributed by atoms with E-state index in [0.29, 0.717) is 6.04 Å². The number of allylic oxidation sites excluding steroid dienone is 2. The van der Waals surface area contributed by atoms with Crippen LogP contribution in [0.1, 0.15) is 17.5 Å². The maximum Gasteiger partial charge on any atom is 0.0632 e. The van der Waals surface area contributed by atoms with Gasteiger partial charge in [-0.1, -0.05) is 115 Å². The maximum atomic E-state index is 2.59. The van der Waals surface area contributed by atoms with Crippen LogP contribution in [0.3, 0.4) is 0 Å². The predicted octanol–water partition coefficient (Wildman–Crippen LogP) is 11.7. The summed E-state index contributed by atoms with van der Waals surface area (Å²) in [5.74, 6) is 0. The quantitative estimate of drug-likeness (QED) is 0.205. The Labute approximate surface area is 255 Å². The van der Waals surface area contributed by atoms with Gasteiger partial charge in [0.1, 0.15) is 0 Å². The minimum Gasteiger partial charge on any atom is -0.333 e. The molecule has 1 aliphatic heterocycles. The van der Waals surface area contributed by atoms with Gasteiger partial charge in [0.2, 0.25) is 0 Å². The van der Waals surface area contributed by atoms with E-state index in [1.54, 1.807) is 0 Å². The first-order chi connectivity index (χ1) is 21.2. The largest absolute Gasteiger partial charge is 0.333 e. The second kappa shape index (κ2) is 9.55. The average molecular weight is 568 g/mol. The van der Waals surface area contributed by atoms with E-state index < -0.39 is 0 Å². The molecule has 0 spiro atoms. The topological polar surface area (TPSA) is 3.24 Å². The van der Waals surface area contributed by atoms with Crippen LogP contribution in [0, 0.1) is 6.92 Å². The molecule has 6 aromatic carbocycles. The first-order valence-corrected chi connectivity index (χ1v) is 15.9. The third kappa shape index (κ3) is 3.84. The molecule has 0 radical (unpaired) electrons. The van der Waals surface area contributed by atoms with Gasteiger partial charge in [0.15, 0.2) is 0 Å². The Morgan fingerprint density at radius 1 is 0.651 bits per heavy atom. The highest BCUT2D eigenvalue weighted by molar-refractivity contribution is 7.26. The highest BCUT2D eigenvalue weighted by atomic mass is 32.1. The summed E-state index contributed by atoms with van der Waals surface area (Å²) in [7, 11) is 0. The van der Waals surface area contributed by atoms with Crippen LogP contribution in [0.25, 0.3) is 58.8 Å². The van der Waals surface area contributed by atoms with Gasteiger partial charge >= 0.3 is 0 Å². The van der Waals surface area contributed by atoms with Crippen molar-refractivity contribution in [3.8, 4) is 22.3 Å². The zero-order valence-corrected chi connectivity index (χ0v) is 24.7. The Hall–Kier alpha value is -4.92. The van der Waals surface area contributed by atoms with Gasteiger partial charge in [-0.15, -0.1) is 11.3 Å². The summed E-state index contributed by atoms with van der Waals surface area (Å²) >= 11 is 1.90. The third-order valence-electron chi connectivity index (χ3n) is 9.23. The van der Waals surface area contributed by atoms with Gasteiger partial charge in [0.25, 0.3) is 0 Å². The molecule has 2 heteroatoms. The number of rotatable bonds is 3. The third-order valence-corrected chi connectivity index (χ3v) is 10.4. The first kappa shape index (κ1) is 24.7. The summed E-state index contributed by atoms with van der Waals surface area (Å²) < 4.78 is 2.69. The predicted molar refractivity (Wildman–Crippen MR) is 187 cm³/mol. The van der Waals surface area contributed by atoms with E-state index in [1.807, 2.05) is 11.3 Å². The fourth-order valence-corrected chi connectivity index (χ4v) is 8.27. The molecule has 1 atom stereocenters. The lowest BCUT2D eigenvalue weighted by Crippen LogP contribution is -2.27. The molecule has 2 aliphatic rings. The zero-order chi connectivity index (χ0) is 28.5. The molecule has 9 rings (SSSR count). The van der Waals surface area contributed by atoms with Crippen LogP contribution >= 0.6 is 11.3 Å². The maximum absolute atomic E-state index is 2.59. The Bertz CT molecular complexity index is 2280.